The summed E-state index contributed by atoms with van der Waals surface area (Å²) in [6.07, 6.45) is 3.53. The highest BCUT2D eigenvalue weighted by molar-refractivity contribution is 6.04. The van der Waals surface area contributed by atoms with Gasteiger partial charge >= 0.3 is 5.97 Å². The minimum Gasteiger partial charge on any atom is -0.478 e. The van der Waals surface area contributed by atoms with Gasteiger partial charge in [-0.05, 0) is 37.1 Å². The molecule has 5 heteroatoms. The fraction of sp³-hybridized carbons (Fsp3) is 0.278. The molecule has 1 rings (SSSR count). The van der Waals surface area contributed by atoms with Gasteiger partial charge in [-0.2, -0.15) is 0 Å². The van der Waals surface area contributed by atoms with Crippen LogP contribution in [0.25, 0.3) is 0 Å². The predicted molar refractivity (Wildman–Crippen MR) is 87.9 cm³/mol. The second-order valence-electron chi connectivity index (χ2n) is 4.98. The second kappa shape index (κ2) is 8.68. The summed E-state index contributed by atoms with van der Waals surface area (Å²) in [4.78, 5) is 36.5. The lowest BCUT2D eigenvalue weighted by molar-refractivity contribution is -0.132. The molecule has 0 bridgehead atoms. The quantitative estimate of drug-likeness (QED) is 0.647. The first-order valence-electron chi connectivity index (χ1n) is 7.37. The van der Waals surface area contributed by atoms with Crippen molar-refractivity contribution in [2.75, 3.05) is 6.54 Å². The summed E-state index contributed by atoms with van der Waals surface area (Å²) in [5.74, 6) is -1.81. The van der Waals surface area contributed by atoms with E-state index in [2.05, 4.69) is 0 Å². The number of rotatable bonds is 6. The van der Waals surface area contributed by atoms with Gasteiger partial charge < -0.3 is 5.11 Å². The second-order valence-corrected chi connectivity index (χ2v) is 4.98. The first-order valence-corrected chi connectivity index (χ1v) is 7.37. The third-order valence-electron chi connectivity index (χ3n) is 3.38. The number of carboxylic acids is 1. The summed E-state index contributed by atoms with van der Waals surface area (Å²) >= 11 is 0. The monoisotopic (exact) mass is 315 g/mol. The van der Waals surface area contributed by atoms with E-state index in [0.29, 0.717) is 17.6 Å². The Morgan fingerprint density at radius 2 is 1.78 bits per heavy atom. The van der Waals surface area contributed by atoms with Crippen LogP contribution in [0, 0.1) is 0 Å². The summed E-state index contributed by atoms with van der Waals surface area (Å²) in [5, 5.41) is 9.09. The number of aliphatic carboxylic acids is 1. The number of carbonyl (C=O) groups excluding carboxylic acids is 2. The lowest BCUT2D eigenvalue weighted by atomic mass is 10.1. The molecule has 1 N–H and O–H groups in total. The van der Waals surface area contributed by atoms with Crippen LogP contribution in [0.3, 0.4) is 0 Å². The molecule has 0 aromatic heterocycles. The molecule has 0 aliphatic carbocycles. The highest BCUT2D eigenvalue weighted by Gasteiger charge is 2.20. The molecule has 0 radical (unpaired) electrons. The molecule has 2 amide bonds. The third-order valence-corrected chi connectivity index (χ3v) is 3.38. The number of imide groups is 1. The van der Waals surface area contributed by atoms with Gasteiger partial charge in [-0.1, -0.05) is 31.2 Å². The topological polar surface area (TPSA) is 74.7 Å². The Kier molecular flexibility index (Phi) is 6.93. The number of amides is 2. The number of nitrogens with zero attached hydrogens (tertiary/aromatic N) is 1. The minimum absolute atomic E-state index is 0.0736. The molecule has 0 saturated carbocycles. The molecule has 1 aromatic rings. The van der Waals surface area contributed by atoms with Crippen molar-refractivity contribution in [3.63, 3.8) is 0 Å². The van der Waals surface area contributed by atoms with Crippen LogP contribution in [0.5, 0.6) is 0 Å². The molecule has 0 aliphatic rings. The van der Waals surface area contributed by atoms with Gasteiger partial charge in [-0.15, -0.1) is 0 Å². The van der Waals surface area contributed by atoms with E-state index in [4.69, 9.17) is 5.11 Å². The number of benzene rings is 1. The predicted octanol–water partition coefficient (Wildman–Crippen LogP) is 3.04. The number of hydrogen-bond acceptors (Lipinski definition) is 3. The number of carbonyl (C=O) groups is 3. The van der Waals surface area contributed by atoms with Crippen molar-refractivity contribution >= 4 is 17.8 Å². The van der Waals surface area contributed by atoms with Crippen molar-refractivity contribution in [3.8, 4) is 0 Å². The smallest absolute Gasteiger partial charge is 0.335 e. The Labute approximate surface area is 135 Å². The highest BCUT2D eigenvalue weighted by atomic mass is 16.4. The van der Waals surface area contributed by atoms with Gasteiger partial charge in [0, 0.05) is 12.5 Å². The van der Waals surface area contributed by atoms with Crippen molar-refractivity contribution in [2.45, 2.75) is 27.2 Å². The van der Waals surface area contributed by atoms with E-state index in [1.807, 2.05) is 6.92 Å². The molecule has 23 heavy (non-hydrogen) atoms. The Bertz CT molecular complexity index is 644. The van der Waals surface area contributed by atoms with Crippen LogP contribution >= 0.6 is 0 Å². The standard InChI is InChI=1S/C18H21NO4/c1-4-14(11-15(5-2)18(22)23)12-19(13(3)20)17(21)16-9-7-6-8-10-16/h5-11H,4,12H2,1-3H3,(H,22,23)/b14-11+,15-5+. The van der Waals surface area contributed by atoms with E-state index < -0.39 is 11.9 Å². The van der Waals surface area contributed by atoms with Crippen LogP contribution in [0.4, 0.5) is 0 Å². The zero-order valence-corrected chi connectivity index (χ0v) is 13.6. The van der Waals surface area contributed by atoms with Crippen molar-refractivity contribution < 1.29 is 19.5 Å². The van der Waals surface area contributed by atoms with Gasteiger partial charge in [-0.3, -0.25) is 14.5 Å². The summed E-state index contributed by atoms with van der Waals surface area (Å²) < 4.78 is 0. The van der Waals surface area contributed by atoms with Gasteiger partial charge in [-0.25, -0.2) is 4.79 Å². The van der Waals surface area contributed by atoms with Crippen molar-refractivity contribution in [1.82, 2.24) is 4.90 Å². The first kappa shape index (κ1) is 18.4. The average Bonchev–Trinajstić information content (AvgIpc) is 2.54. The molecular weight excluding hydrogens is 294 g/mol. The van der Waals surface area contributed by atoms with E-state index in [1.165, 1.54) is 19.1 Å². The fourth-order valence-electron chi connectivity index (χ4n) is 2.01. The minimum atomic E-state index is -1.04. The van der Waals surface area contributed by atoms with Crippen LogP contribution in [-0.4, -0.2) is 34.3 Å². The van der Waals surface area contributed by atoms with Crippen LogP contribution in [0.2, 0.25) is 0 Å². The molecule has 0 spiro atoms. The molecule has 0 unspecified atom stereocenters. The Hall–Kier alpha value is -2.69. The Morgan fingerprint density at radius 1 is 1.17 bits per heavy atom. The SMILES string of the molecule is C/C=C(\C=C(/CC)CN(C(C)=O)C(=O)c1ccccc1)C(=O)O. The maximum absolute atomic E-state index is 12.5. The maximum Gasteiger partial charge on any atom is 0.335 e. The van der Waals surface area contributed by atoms with E-state index in [9.17, 15) is 14.4 Å². The molecule has 0 fully saturated rings. The molecule has 0 atom stereocenters. The largest absolute Gasteiger partial charge is 0.478 e. The lowest BCUT2D eigenvalue weighted by Crippen LogP contribution is -2.36. The Balaban J connectivity index is 3.07. The molecule has 0 aliphatic heterocycles. The normalized spacial score (nSPS) is 12.0. The van der Waals surface area contributed by atoms with E-state index >= 15 is 0 Å². The lowest BCUT2D eigenvalue weighted by Gasteiger charge is -2.20. The fourth-order valence-corrected chi connectivity index (χ4v) is 2.01. The average molecular weight is 315 g/mol. The molecule has 122 valence electrons. The summed E-state index contributed by atoms with van der Waals surface area (Å²) in [5.41, 5.74) is 1.25. The third kappa shape index (κ3) is 5.21. The highest BCUT2D eigenvalue weighted by Crippen LogP contribution is 2.13. The summed E-state index contributed by atoms with van der Waals surface area (Å²) in [7, 11) is 0. The zero-order chi connectivity index (χ0) is 17.4. The Morgan fingerprint density at radius 3 is 2.22 bits per heavy atom. The first-order chi connectivity index (χ1) is 10.9. The van der Waals surface area contributed by atoms with Crippen molar-refractivity contribution in [3.05, 3.63) is 59.2 Å². The van der Waals surface area contributed by atoms with Crippen LogP contribution in [-0.2, 0) is 9.59 Å². The van der Waals surface area contributed by atoms with Gasteiger partial charge in [0.05, 0.1) is 12.1 Å². The van der Waals surface area contributed by atoms with Crippen molar-refractivity contribution in [2.24, 2.45) is 0 Å². The van der Waals surface area contributed by atoms with Gasteiger partial charge in [0.15, 0.2) is 0 Å². The van der Waals surface area contributed by atoms with Gasteiger partial charge in [0.1, 0.15) is 0 Å². The summed E-state index contributed by atoms with van der Waals surface area (Å²) in [6, 6.07) is 8.52. The summed E-state index contributed by atoms with van der Waals surface area (Å²) in [6.45, 7) is 4.88. The van der Waals surface area contributed by atoms with E-state index in [0.717, 1.165) is 4.90 Å². The number of carboxylic acid groups (broad SMARTS) is 1. The van der Waals surface area contributed by atoms with E-state index in [1.54, 1.807) is 37.3 Å². The zero-order valence-electron chi connectivity index (χ0n) is 13.6. The van der Waals surface area contributed by atoms with Crippen LogP contribution in [0.15, 0.2) is 53.6 Å². The molecular formula is C18H21NO4. The molecule has 5 nitrogen and oxygen atoms in total. The number of hydrogen-bond donors (Lipinski definition) is 1. The van der Waals surface area contributed by atoms with Crippen molar-refractivity contribution in [1.29, 1.82) is 0 Å². The van der Waals surface area contributed by atoms with E-state index in [-0.39, 0.29) is 18.0 Å². The van der Waals surface area contributed by atoms with Crippen LogP contribution in [0.1, 0.15) is 37.6 Å². The number of allylic oxidation sites excluding steroid dienone is 1. The van der Waals surface area contributed by atoms with Gasteiger partial charge in [0.2, 0.25) is 5.91 Å². The van der Waals surface area contributed by atoms with Crippen LogP contribution < -0.4 is 0 Å². The van der Waals surface area contributed by atoms with Gasteiger partial charge in [0.25, 0.3) is 5.91 Å². The maximum atomic E-state index is 12.5. The molecule has 1 aromatic carbocycles. The molecule has 0 saturated heterocycles. The molecule has 0 heterocycles.